The average molecular weight is 392 g/mol. The van der Waals surface area contributed by atoms with Crippen LogP contribution >= 0.6 is 27.5 Å². The van der Waals surface area contributed by atoms with E-state index in [0.717, 1.165) is 15.6 Å². The van der Waals surface area contributed by atoms with Crippen molar-refractivity contribution in [2.24, 2.45) is 0 Å². The molecule has 23 heavy (non-hydrogen) atoms. The van der Waals surface area contributed by atoms with Gasteiger partial charge in [-0.1, -0.05) is 39.7 Å². The third kappa shape index (κ3) is 4.00. The van der Waals surface area contributed by atoms with Crippen LogP contribution in [0.5, 0.6) is 0 Å². The van der Waals surface area contributed by atoms with Crippen molar-refractivity contribution in [3.8, 4) is 11.3 Å². The summed E-state index contributed by atoms with van der Waals surface area (Å²) in [7, 11) is 0. The quantitative estimate of drug-likeness (QED) is 0.685. The molecule has 0 fully saturated rings. The van der Waals surface area contributed by atoms with Crippen molar-refractivity contribution >= 4 is 39.1 Å². The molecule has 0 aliphatic carbocycles. The van der Waals surface area contributed by atoms with Crippen LogP contribution in [0.3, 0.4) is 0 Å². The zero-order chi connectivity index (χ0) is 16.2. The molecule has 0 saturated heterocycles. The first-order valence-electron chi connectivity index (χ1n) is 6.84. The molecule has 1 amide bonds. The monoisotopic (exact) mass is 390 g/mol. The van der Waals surface area contributed by atoms with Crippen LogP contribution in [0.1, 0.15) is 5.56 Å². The molecule has 0 unspecified atom stereocenters. The molecule has 0 radical (unpaired) electrons. The van der Waals surface area contributed by atoms with Gasteiger partial charge in [-0.05, 0) is 35.9 Å². The molecule has 4 nitrogen and oxygen atoms in total. The van der Waals surface area contributed by atoms with Crippen LogP contribution < -0.4 is 5.32 Å². The van der Waals surface area contributed by atoms with Crippen LogP contribution in [0, 0.1) is 0 Å². The third-order valence-electron chi connectivity index (χ3n) is 3.20. The van der Waals surface area contributed by atoms with Gasteiger partial charge in [0.05, 0.1) is 17.6 Å². The van der Waals surface area contributed by atoms with Crippen LogP contribution in [0.15, 0.2) is 63.9 Å². The lowest BCUT2D eigenvalue weighted by molar-refractivity contribution is -0.115. The highest BCUT2D eigenvalue weighted by Crippen LogP contribution is 2.30. The fourth-order valence-electron chi connectivity index (χ4n) is 2.18. The van der Waals surface area contributed by atoms with Gasteiger partial charge in [-0.15, -0.1) is 0 Å². The average Bonchev–Trinajstić information content (AvgIpc) is 3.01. The Labute approximate surface area is 146 Å². The number of nitrogens with zero attached hydrogens (tertiary/aromatic N) is 1. The fourth-order valence-corrected chi connectivity index (χ4v) is 2.90. The highest BCUT2D eigenvalue weighted by atomic mass is 79.9. The Kier molecular flexibility index (Phi) is 4.79. The summed E-state index contributed by atoms with van der Waals surface area (Å²) in [6.45, 7) is 0. The predicted molar refractivity (Wildman–Crippen MR) is 93.4 cm³/mol. The van der Waals surface area contributed by atoms with Crippen LogP contribution in [-0.2, 0) is 11.2 Å². The maximum atomic E-state index is 12.1. The molecule has 116 valence electrons. The second-order valence-electron chi connectivity index (χ2n) is 4.92. The molecule has 1 aromatic heterocycles. The van der Waals surface area contributed by atoms with Crippen molar-refractivity contribution in [1.29, 1.82) is 0 Å². The minimum Gasteiger partial charge on any atom is -0.443 e. The molecule has 1 N–H and O–H groups in total. The molecule has 0 aliphatic heterocycles. The first-order chi connectivity index (χ1) is 11.1. The highest BCUT2D eigenvalue weighted by molar-refractivity contribution is 9.10. The number of rotatable bonds is 4. The lowest BCUT2D eigenvalue weighted by Crippen LogP contribution is -2.14. The SMILES string of the molecule is O=C(Cc1cccc(Br)c1)Nc1ccc(-c2cnco2)c(Cl)c1. The zero-order valence-electron chi connectivity index (χ0n) is 11.9. The van der Waals surface area contributed by atoms with E-state index in [1.807, 2.05) is 24.3 Å². The Bertz CT molecular complexity index is 834. The van der Waals surface area contributed by atoms with Gasteiger partial charge in [-0.25, -0.2) is 4.98 Å². The van der Waals surface area contributed by atoms with Gasteiger partial charge in [0, 0.05) is 15.7 Å². The van der Waals surface area contributed by atoms with E-state index in [0.29, 0.717) is 22.9 Å². The first kappa shape index (κ1) is 15.8. The maximum absolute atomic E-state index is 12.1. The van der Waals surface area contributed by atoms with Crippen molar-refractivity contribution in [1.82, 2.24) is 4.98 Å². The van der Waals surface area contributed by atoms with Crippen molar-refractivity contribution in [3.05, 3.63) is 70.1 Å². The lowest BCUT2D eigenvalue weighted by atomic mass is 10.1. The molecule has 3 aromatic rings. The van der Waals surface area contributed by atoms with Crippen LogP contribution in [-0.4, -0.2) is 10.9 Å². The minimum absolute atomic E-state index is 0.105. The Balaban J connectivity index is 1.70. The molecule has 3 rings (SSSR count). The second-order valence-corrected chi connectivity index (χ2v) is 6.24. The van der Waals surface area contributed by atoms with Gasteiger partial charge in [0.2, 0.25) is 5.91 Å². The Hall–Kier alpha value is -2.11. The van der Waals surface area contributed by atoms with Crippen molar-refractivity contribution in [2.45, 2.75) is 6.42 Å². The number of aromatic nitrogens is 1. The lowest BCUT2D eigenvalue weighted by Gasteiger charge is -2.08. The number of hydrogen-bond acceptors (Lipinski definition) is 3. The van der Waals surface area contributed by atoms with Gasteiger partial charge < -0.3 is 9.73 Å². The van der Waals surface area contributed by atoms with Crippen molar-refractivity contribution in [2.75, 3.05) is 5.32 Å². The Morgan fingerprint density at radius 2 is 2.13 bits per heavy atom. The molecule has 2 aromatic carbocycles. The van der Waals surface area contributed by atoms with Crippen molar-refractivity contribution < 1.29 is 9.21 Å². The standard InChI is InChI=1S/C17H12BrClN2O2/c18-12-3-1-2-11(6-12)7-17(22)21-13-4-5-14(15(19)8-13)16-9-20-10-23-16/h1-6,8-10H,7H2,(H,21,22). The van der Waals surface area contributed by atoms with E-state index in [1.54, 1.807) is 24.4 Å². The number of carbonyl (C=O) groups excluding carboxylic acids is 1. The highest BCUT2D eigenvalue weighted by Gasteiger charge is 2.10. The van der Waals surface area contributed by atoms with Gasteiger partial charge in [0.15, 0.2) is 12.2 Å². The third-order valence-corrected chi connectivity index (χ3v) is 4.01. The number of nitrogens with one attached hydrogen (secondary N) is 1. The maximum Gasteiger partial charge on any atom is 0.228 e. The fraction of sp³-hybridized carbons (Fsp3) is 0.0588. The largest absolute Gasteiger partial charge is 0.443 e. The number of halogens is 2. The second kappa shape index (κ2) is 6.98. The summed E-state index contributed by atoms with van der Waals surface area (Å²) in [4.78, 5) is 16.0. The summed E-state index contributed by atoms with van der Waals surface area (Å²) in [6.07, 6.45) is 3.23. The summed E-state index contributed by atoms with van der Waals surface area (Å²) in [6, 6.07) is 12.9. The number of anilines is 1. The zero-order valence-corrected chi connectivity index (χ0v) is 14.3. The van der Waals surface area contributed by atoms with Gasteiger partial charge >= 0.3 is 0 Å². The van der Waals surface area contributed by atoms with Crippen molar-refractivity contribution in [3.63, 3.8) is 0 Å². The molecule has 0 atom stereocenters. The molecule has 0 bridgehead atoms. The van der Waals surface area contributed by atoms with E-state index >= 15 is 0 Å². The Morgan fingerprint density at radius 3 is 2.83 bits per heavy atom. The summed E-state index contributed by atoms with van der Waals surface area (Å²) in [5.74, 6) is 0.480. The van der Waals surface area contributed by atoms with E-state index < -0.39 is 0 Å². The van der Waals surface area contributed by atoms with Gasteiger partial charge in [-0.2, -0.15) is 0 Å². The van der Waals surface area contributed by atoms with Crippen LogP contribution in [0.2, 0.25) is 5.02 Å². The molecule has 0 spiro atoms. The molecule has 6 heteroatoms. The van der Waals surface area contributed by atoms with E-state index in [-0.39, 0.29) is 5.91 Å². The summed E-state index contributed by atoms with van der Waals surface area (Å²) in [5, 5.41) is 3.33. The number of amides is 1. The summed E-state index contributed by atoms with van der Waals surface area (Å²) >= 11 is 9.63. The van der Waals surface area contributed by atoms with E-state index in [9.17, 15) is 4.79 Å². The van der Waals surface area contributed by atoms with Gasteiger partial charge in [0.25, 0.3) is 0 Å². The van der Waals surface area contributed by atoms with Gasteiger partial charge in [0.1, 0.15) is 0 Å². The topological polar surface area (TPSA) is 55.1 Å². The number of carbonyl (C=O) groups is 1. The predicted octanol–water partition coefficient (Wildman–Crippen LogP) is 4.94. The summed E-state index contributed by atoms with van der Waals surface area (Å²) < 4.78 is 6.17. The van der Waals surface area contributed by atoms with E-state index in [2.05, 4.69) is 26.2 Å². The number of oxazole rings is 1. The number of hydrogen-bond donors (Lipinski definition) is 1. The molecular formula is C17H12BrClN2O2. The smallest absolute Gasteiger partial charge is 0.228 e. The molecule has 0 saturated carbocycles. The molecule has 1 heterocycles. The van der Waals surface area contributed by atoms with Gasteiger partial charge in [-0.3, -0.25) is 4.79 Å². The first-order valence-corrected chi connectivity index (χ1v) is 8.01. The summed E-state index contributed by atoms with van der Waals surface area (Å²) in [5.41, 5.74) is 2.30. The molecular weight excluding hydrogens is 380 g/mol. The Morgan fingerprint density at radius 1 is 1.26 bits per heavy atom. The van der Waals surface area contributed by atoms with E-state index in [1.165, 1.54) is 6.39 Å². The van der Waals surface area contributed by atoms with E-state index in [4.69, 9.17) is 16.0 Å². The van der Waals surface area contributed by atoms with Crippen LogP contribution in [0.25, 0.3) is 11.3 Å². The molecule has 0 aliphatic rings. The normalized spacial score (nSPS) is 10.5. The number of benzene rings is 2. The minimum atomic E-state index is -0.105. The van der Waals surface area contributed by atoms with Crippen LogP contribution in [0.4, 0.5) is 5.69 Å².